The molecule has 0 saturated carbocycles. The number of hydrogen-bond acceptors (Lipinski definition) is 5. The molecule has 0 aromatic carbocycles. The average molecular weight is 290 g/mol. The fourth-order valence-electron chi connectivity index (χ4n) is 1.77. The monoisotopic (exact) mass is 289 g/mol. The van der Waals surface area contributed by atoms with E-state index in [1.165, 1.54) is 0 Å². The first-order valence-corrected chi connectivity index (χ1v) is 5.70. The Morgan fingerprint density at radius 3 is 2.29 bits per heavy atom. The second-order valence-electron chi connectivity index (χ2n) is 3.81. The number of aliphatic hydroxyl groups excluding tert-OH is 1. The number of morpholine rings is 1. The molecule has 0 aromatic heterocycles. The first-order valence-electron chi connectivity index (χ1n) is 5.70. The first-order chi connectivity index (χ1) is 7.36. The molecule has 0 aromatic rings. The molecule has 1 rings (SSSR count). The van der Waals surface area contributed by atoms with Crippen LogP contribution in [0.15, 0.2) is 0 Å². The van der Waals surface area contributed by atoms with Crippen molar-refractivity contribution in [3.8, 4) is 0 Å². The second kappa shape index (κ2) is 12.8. The normalized spacial score (nSPS) is 16.4. The van der Waals surface area contributed by atoms with E-state index in [2.05, 4.69) is 9.80 Å². The minimum atomic E-state index is 0. The highest BCUT2D eigenvalue weighted by Gasteiger charge is 2.11. The summed E-state index contributed by atoms with van der Waals surface area (Å²) >= 11 is 0. The van der Waals surface area contributed by atoms with E-state index in [1.807, 2.05) is 0 Å². The molecule has 0 amide bonds. The molecule has 1 saturated heterocycles. The van der Waals surface area contributed by atoms with Gasteiger partial charge in [0.2, 0.25) is 0 Å². The minimum Gasteiger partial charge on any atom is -0.395 e. The Labute approximate surface area is 116 Å². The van der Waals surface area contributed by atoms with E-state index in [4.69, 9.17) is 15.6 Å². The van der Waals surface area contributed by atoms with Crippen LogP contribution in [0.1, 0.15) is 0 Å². The van der Waals surface area contributed by atoms with Crippen LogP contribution in [0.5, 0.6) is 0 Å². The van der Waals surface area contributed by atoms with Crippen molar-refractivity contribution in [3.05, 3.63) is 0 Å². The Hall–Kier alpha value is 0.380. The summed E-state index contributed by atoms with van der Waals surface area (Å²) in [5.41, 5.74) is 5.51. The number of hydrogen-bond donors (Lipinski definition) is 2. The summed E-state index contributed by atoms with van der Waals surface area (Å²) in [4.78, 5) is 4.60. The maximum atomic E-state index is 8.88. The molecule has 0 bridgehead atoms. The van der Waals surface area contributed by atoms with Gasteiger partial charge in [0.15, 0.2) is 0 Å². The van der Waals surface area contributed by atoms with Gasteiger partial charge in [-0.05, 0) is 0 Å². The van der Waals surface area contributed by atoms with Crippen molar-refractivity contribution in [2.45, 2.75) is 0 Å². The van der Waals surface area contributed by atoms with Gasteiger partial charge in [-0.1, -0.05) is 0 Å². The third-order valence-corrected chi connectivity index (χ3v) is 2.70. The third-order valence-electron chi connectivity index (χ3n) is 2.70. The predicted octanol–water partition coefficient (Wildman–Crippen LogP) is -0.585. The van der Waals surface area contributed by atoms with Crippen LogP contribution in [0.3, 0.4) is 0 Å². The molecule has 5 nitrogen and oxygen atoms in total. The van der Waals surface area contributed by atoms with Crippen LogP contribution in [0.25, 0.3) is 0 Å². The van der Waals surface area contributed by atoms with Crippen molar-refractivity contribution in [1.82, 2.24) is 9.80 Å². The molecule has 1 heterocycles. The van der Waals surface area contributed by atoms with E-state index in [9.17, 15) is 0 Å². The molecule has 0 unspecified atom stereocenters. The summed E-state index contributed by atoms with van der Waals surface area (Å²) in [5.74, 6) is 0. The highest BCUT2D eigenvalue weighted by atomic mass is 35.5. The third kappa shape index (κ3) is 9.02. The van der Waals surface area contributed by atoms with Crippen molar-refractivity contribution in [2.24, 2.45) is 5.73 Å². The van der Waals surface area contributed by atoms with E-state index >= 15 is 0 Å². The molecule has 17 heavy (non-hydrogen) atoms. The zero-order valence-electron chi connectivity index (χ0n) is 10.2. The topological polar surface area (TPSA) is 62.0 Å². The van der Waals surface area contributed by atoms with Crippen molar-refractivity contribution in [1.29, 1.82) is 0 Å². The van der Waals surface area contributed by atoms with E-state index in [0.29, 0.717) is 6.54 Å². The van der Waals surface area contributed by atoms with Crippen molar-refractivity contribution < 1.29 is 9.84 Å². The van der Waals surface area contributed by atoms with Gasteiger partial charge in [-0.15, -0.1) is 24.8 Å². The molecular formula is C10H25Cl2N3O2. The molecule has 106 valence electrons. The largest absolute Gasteiger partial charge is 0.395 e. The van der Waals surface area contributed by atoms with Crippen LogP contribution in [-0.2, 0) is 4.74 Å². The van der Waals surface area contributed by atoms with E-state index in [-0.39, 0.29) is 31.4 Å². The van der Waals surface area contributed by atoms with Crippen LogP contribution in [0, 0.1) is 0 Å². The SMILES string of the molecule is Cl.Cl.NCCN(CCO)CCN1CCOCC1. The summed E-state index contributed by atoms with van der Waals surface area (Å²) in [7, 11) is 0. The molecule has 0 radical (unpaired) electrons. The van der Waals surface area contributed by atoms with E-state index in [1.54, 1.807) is 0 Å². The molecule has 1 aliphatic heterocycles. The number of nitrogens with two attached hydrogens (primary N) is 1. The molecule has 7 heteroatoms. The molecule has 3 N–H and O–H groups in total. The molecule has 1 aliphatic rings. The molecule has 0 spiro atoms. The Kier molecular flexibility index (Phi) is 14.9. The van der Waals surface area contributed by atoms with Gasteiger partial charge in [-0.2, -0.15) is 0 Å². The number of rotatable bonds is 7. The van der Waals surface area contributed by atoms with Gasteiger partial charge >= 0.3 is 0 Å². The average Bonchev–Trinajstić information content (AvgIpc) is 2.28. The fourth-order valence-corrected chi connectivity index (χ4v) is 1.77. The summed E-state index contributed by atoms with van der Waals surface area (Å²) in [6.07, 6.45) is 0. The Bertz CT molecular complexity index is 154. The summed E-state index contributed by atoms with van der Waals surface area (Å²) < 4.78 is 5.29. The van der Waals surface area contributed by atoms with Crippen LogP contribution < -0.4 is 5.73 Å². The quantitative estimate of drug-likeness (QED) is 0.656. The molecule has 0 atom stereocenters. The Morgan fingerprint density at radius 1 is 1.12 bits per heavy atom. The predicted molar refractivity (Wildman–Crippen MR) is 74.3 cm³/mol. The second-order valence-corrected chi connectivity index (χ2v) is 3.81. The summed E-state index contributed by atoms with van der Waals surface area (Å²) in [6, 6.07) is 0. The highest BCUT2D eigenvalue weighted by Crippen LogP contribution is 1.97. The van der Waals surface area contributed by atoms with Gasteiger partial charge in [0.1, 0.15) is 0 Å². The van der Waals surface area contributed by atoms with Crippen LogP contribution in [0.2, 0.25) is 0 Å². The van der Waals surface area contributed by atoms with E-state index < -0.39 is 0 Å². The molecular weight excluding hydrogens is 265 g/mol. The lowest BCUT2D eigenvalue weighted by atomic mass is 10.3. The van der Waals surface area contributed by atoms with Gasteiger partial charge < -0.3 is 15.6 Å². The zero-order valence-corrected chi connectivity index (χ0v) is 11.8. The Balaban J connectivity index is 0. The van der Waals surface area contributed by atoms with Crippen LogP contribution in [-0.4, -0.2) is 80.5 Å². The summed E-state index contributed by atoms with van der Waals surface area (Å²) in [6.45, 7) is 8.22. The number of aliphatic hydroxyl groups is 1. The van der Waals surface area contributed by atoms with Gasteiger partial charge in [0, 0.05) is 45.8 Å². The van der Waals surface area contributed by atoms with Gasteiger partial charge in [0.25, 0.3) is 0 Å². The van der Waals surface area contributed by atoms with Crippen molar-refractivity contribution >= 4 is 24.8 Å². The molecule has 0 aliphatic carbocycles. The Morgan fingerprint density at radius 2 is 1.76 bits per heavy atom. The van der Waals surface area contributed by atoms with E-state index in [0.717, 1.165) is 52.5 Å². The number of nitrogens with zero attached hydrogens (tertiary/aromatic N) is 2. The lowest BCUT2D eigenvalue weighted by Gasteiger charge is -2.29. The van der Waals surface area contributed by atoms with Gasteiger partial charge in [0.05, 0.1) is 19.8 Å². The van der Waals surface area contributed by atoms with Crippen molar-refractivity contribution in [3.63, 3.8) is 0 Å². The highest BCUT2D eigenvalue weighted by molar-refractivity contribution is 5.85. The standard InChI is InChI=1S/C10H23N3O2.2ClH/c11-1-2-12(5-8-14)3-4-13-6-9-15-10-7-13;;/h14H,1-11H2;2*1H. The lowest BCUT2D eigenvalue weighted by molar-refractivity contribution is 0.0327. The number of ether oxygens (including phenoxy) is 1. The zero-order chi connectivity index (χ0) is 10.9. The molecule has 1 fully saturated rings. The van der Waals surface area contributed by atoms with Crippen LogP contribution in [0.4, 0.5) is 0 Å². The lowest BCUT2D eigenvalue weighted by Crippen LogP contribution is -2.43. The minimum absolute atomic E-state index is 0. The summed E-state index contributed by atoms with van der Waals surface area (Å²) in [5, 5.41) is 8.88. The fraction of sp³-hybridized carbons (Fsp3) is 1.00. The van der Waals surface area contributed by atoms with Crippen LogP contribution >= 0.6 is 24.8 Å². The first kappa shape index (κ1) is 19.7. The smallest absolute Gasteiger partial charge is 0.0594 e. The maximum absolute atomic E-state index is 8.88. The number of halogens is 2. The van der Waals surface area contributed by atoms with Gasteiger partial charge in [-0.25, -0.2) is 0 Å². The maximum Gasteiger partial charge on any atom is 0.0594 e. The van der Waals surface area contributed by atoms with Gasteiger partial charge in [-0.3, -0.25) is 9.80 Å². The van der Waals surface area contributed by atoms with Crippen molar-refractivity contribution in [2.75, 3.05) is 65.6 Å².